The number of thioether (sulfide) groups is 1. The van der Waals surface area contributed by atoms with Gasteiger partial charge in [-0.1, -0.05) is 12.1 Å². The van der Waals surface area contributed by atoms with E-state index in [9.17, 15) is 0 Å². The Kier molecular flexibility index (Phi) is 4.64. The van der Waals surface area contributed by atoms with Crippen LogP contribution in [0.25, 0.3) is 10.9 Å². The number of anilines is 2. The zero-order valence-corrected chi connectivity index (χ0v) is 11.5. The van der Waals surface area contributed by atoms with Crippen molar-refractivity contribution in [2.24, 2.45) is 0 Å². The molecule has 4 nitrogen and oxygen atoms in total. The van der Waals surface area contributed by atoms with Crippen LogP contribution in [0.2, 0.25) is 0 Å². The summed E-state index contributed by atoms with van der Waals surface area (Å²) in [4.78, 5) is 9.01. The number of hydrogen-bond acceptors (Lipinski definition) is 5. The average molecular weight is 262 g/mol. The Balaban J connectivity index is 2.34. The summed E-state index contributed by atoms with van der Waals surface area (Å²) in [7, 11) is 0. The van der Waals surface area contributed by atoms with Crippen molar-refractivity contribution in [1.29, 1.82) is 0 Å². The molecule has 0 aliphatic carbocycles. The number of hydrogen-bond donors (Lipinski definition) is 2. The van der Waals surface area contributed by atoms with E-state index in [1.165, 1.54) is 0 Å². The Hall–Kier alpha value is -1.49. The van der Waals surface area contributed by atoms with Crippen molar-refractivity contribution in [3.8, 4) is 0 Å². The third-order valence-electron chi connectivity index (χ3n) is 2.54. The van der Waals surface area contributed by atoms with Crippen LogP contribution < -0.4 is 10.6 Å². The van der Waals surface area contributed by atoms with Gasteiger partial charge >= 0.3 is 0 Å². The number of benzene rings is 1. The molecule has 0 radical (unpaired) electrons. The number of nitrogens with one attached hydrogen (secondary N) is 2. The van der Waals surface area contributed by atoms with Gasteiger partial charge in [-0.2, -0.15) is 16.7 Å². The summed E-state index contributed by atoms with van der Waals surface area (Å²) in [6.45, 7) is 3.77. The minimum Gasteiger partial charge on any atom is -0.369 e. The first-order valence-electron chi connectivity index (χ1n) is 6.08. The molecular formula is C13H18N4S. The van der Waals surface area contributed by atoms with E-state index >= 15 is 0 Å². The van der Waals surface area contributed by atoms with Crippen LogP contribution in [0.4, 0.5) is 11.8 Å². The smallest absolute Gasteiger partial charge is 0.225 e. The highest BCUT2D eigenvalue weighted by Crippen LogP contribution is 2.21. The molecule has 0 spiro atoms. The fourth-order valence-electron chi connectivity index (χ4n) is 1.72. The summed E-state index contributed by atoms with van der Waals surface area (Å²) in [5.74, 6) is 2.66. The second kappa shape index (κ2) is 6.44. The van der Waals surface area contributed by atoms with Gasteiger partial charge in [-0.25, -0.2) is 4.98 Å². The van der Waals surface area contributed by atoms with Crippen molar-refractivity contribution < 1.29 is 0 Å². The lowest BCUT2D eigenvalue weighted by Gasteiger charge is -2.10. The van der Waals surface area contributed by atoms with E-state index in [0.29, 0.717) is 5.95 Å². The van der Waals surface area contributed by atoms with E-state index in [1.807, 2.05) is 43.0 Å². The van der Waals surface area contributed by atoms with Gasteiger partial charge in [0.25, 0.3) is 0 Å². The van der Waals surface area contributed by atoms with E-state index in [-0.39, 0.29) is 0 Å². The van der Waals surface area contributed by atoms with Crippen molar-refractivity contribution in [1.82, 2.24) is 9.97 Å². The quantitative estimate of drug-likeness (QED) is 0.784. The predicted molar refractivity (Wildman–Crippen MR) is 80.6 cm³/mol. The lowest BCUT2D eigenvalue weighted by molar-refractivity contribution is 1.09. The second-order valence-electron chi connectivity index (χ2n) is 3.86. The molecule has 0 aliphatic heterocycles. The van der Waals surface area contributed by atoms with Crippen molar-refractivity contribution in [2.45, 2.75) is 6.92 Å². The van der Waals surface area contributed by atoms with E-state index < -0.39 is 0 Å². The standard InChI is InChI=1S/C13H18N4S/c1-3-14-13-16-11-7-5-4-6-10(11)12(17-13)15-8-9-18-2/h4-7H,3,8-9H2,1-2H3,(H2,14,15,16,17). The summed E-state index contributed by atoms with van der Waals surface area (Å²) < 4.78 is 0. The van der Waals surface area contributed by atoms with Crippen LogP contribution in [0.1, 0.15) is 6.92 Å². The lowest BCUT2D eigenvalue weighted by atomic mass is 10.2. The van der Waals surface area contributed by atoms with Crippen molar-refractivity contribution >= 4 is 34.4 Å². The summed E-state index contributed by atoms with van der Waals surface area (Å²) in [6, 6.07) is 8.07. The van der Waals surface area contributed by atoms with Gasteiger partial charge in [0.15, 0.2) is 0 Å². The highest BCUT2D eigenvalue weighted by atomic mass is 32.2. The molecule has 0 saturated carbocycles. The molecule has 0 atom stereocenters. The molecule has 1 aromatic heterocycles. The molecule has 0 unspecified atom stereocenters. The molecule has 0 saturated heterocycles. The van der Waals surface area contributed by atoms with Crippen LogP contribution in [-0.2, 0) is 0 Å². The van der Waals surface area contributed by atoms with Crippen molar-refractivity contribution in [3.63, 3.8) is 0 Å². The SMILES string of the molecule is CCNc1nc(NCCSC)c2ccccc2n1. The fourth-order valence-corrected chi connectivity index (χ4v) is 2.03. The van der Waals surface area contributed by atoms with Gasteiger partial charge in [0, 0.05) is 24.2 Å². The molecule has 0 aliphatic rings. The number of fused-ring (bicyclic) bond motifs is 1. The summed E-state index contributed by atoms with van der Waals surface area (Å²) in [6.07, 6.45) is 2.10. The number of rotatable bonds is 6. The molecule has 2 N–H and O–H groups in total. The van der Waals surface area contributed by atoms with Crippen LogP contribution in [0, 0.1) is 0 Å². The summed E-state index contributed by atoms with van der Waals surface area (Å²) >= 11 is 1.82. The number of nitrogens with zero attached hydrogens (tertiary/aromatic N) is 2. The Morgan fingerprint density at radius 1 is 1.17 bits per heavy atom. The normalized spacial score (nSPS) is 10.6. The first kappa shape index (κ1) is 13.0. The lowest BCUT2D eigenvalue weighted by Crippen LogP contribution is -2.09. The van der Waals surface area contributed by atoms with E-state index in [2.05, 4.69) is 26.9 Å². The van der Waals surface area contributed by atoms with Gasteiger partial charge in [-0.15, -0.1) is 0 Å². The van der Waals surface area contributed by atoms with Crippen LogP contribution >= 0.6 is 11.8 Å². The van der Waals surface area contributed by atoms with Crippen LogP contribution in [0.15, 0.2) is 24.3 Å². The molecule has 1 heterocycles. The molecule has 5 heteroatoms. The highest BCUT2D eigenvalue weighted by Gasteiger charge is 2.05. The van der Waals surface area contributed by atoms with Crippen LogP contribution in [-0.4, -0.2) is 35.1 Å². The first-order chi connectivity index (χ1) is 8.85. The zero-order chi connectivity index (χ0) is 12.8. The maximum Gasteiger partial charge on any atom is 0.225 e. The van der Waals surface area contributed by atoms with E-state index in [4.69, 9.17) is 0 Å². The van der Waals surface area contributed by atoms with Gasteiger partial charge in [-0.3, -0.25) is 0 Å². The monoisotopic (exact) mass is 262 g/mol. The average Bonchev–Trinajstić information content (AvgIpc) is 2.39. The van der Waals surface area contributed by atoms with Gasteiger partial charge in [-0.05, 0) is 25.3 Å². The van der Waals surface area contributed by atoms with Crippen molar-refractivity contribution in [2.75, 3.05) is 35.7 Å². The highest BCUT2D eigenvalue weighted by molar-refractivity contribution is 7.98. The second-order valence-corrected chi connectivity index (χ2v) is 4.85. The molecule has 0 fully saturated rings. The predicted octanol–water partition coefficient (Wildman–Crippen LogP) is 2.84. The molecule has 96 valence electrons. The Morgan fingerprint density at radius 2 is 2.00 bits per heavy atom. The largest absolute Gasteiger partial charge is 0.369 e. The third-order valence-corrected chi connectivity index (χ3v) is 3.15. The van der Waals surface area contributed by atoms with Gasteiger partial charge < -0.3 is 10.6 Å². The van der Waals surface area contributed by atoms with Crippen LogP contribution in [0.5, 0.6) is 0 Å². The topological polar surface area (TPSA) is 49.8 Å². The molecular weight excluding hydrogens is 244 g/mol. The third kappa shape index (κ3) is 3.04. The Bertz CT molecular complexity index is 515. The molecule has 2 aromatic rings. The minimum atomic E-state index is 0.683. The maximum absolute atomic E-state index is 4.52. The molecule has 0 amide bonds. The van der Waals surface area contributed by atoms with Crippen molar-refractivity contribution in [3.05, 3.63) is 24.3 Å². The van der Waals surface area contributed by atoms with Gasteiger partial charge in [0.1, 0.15) is 5.82 Å². The van der Waals surface area contributed by atoms with Gasteiger partial charge in [0.2, 0.25) is 5.95 Å². The fraction of sp³-hybridized carbons (Fsp3) is 0.385. The molecule has 2 rings (SSSR count). The summed E-state index contributed by atoms with van der Waals surface area (Å²) in [5, 5.41) is 7.61. The number of para-hydroxylation sites is 1. The Morgan fingerprint density at radius 3 is 2.78 bits per heavy atom. The van der Waals surface area contributed by atoms with Crippen LogP contribution in [0.3, 0.4) is 0 Å². The summed E-state index contributed by atoms with van der Waals surface area (Å²) in [5.41, 5.74) is 0.968. The minimum absolute atomic E-state index is 0.683. The molecule has 18 heavy (non-hydrogen) atoms. The molecule has 1 aromatic carbocycles. The molecule has 0 bridgehead atoms. The number of aromatic nitrogens is 2. The Labute approximate surface area is 112 Å². The maximum atomic E-state index is 4.52. The first-order valence-corrected chi connectivity index (χ1v) is 7.48. The van der Waals surface area contributed by atoms with E-state index in [1.54, 1.807) is 0 Å². The van der Waals surface area contributed by atoms with Gasteiger partial charge in [0.05, 0.1) is 5.52 Å². The van der Waals surface area contributed by atoms with E-state index in [0.717, 1.165) is 35.6 Å². The zero-order valence-electron chi connectivity index (χ0n) is 10.7.